The number of rotatable bonds is 0. The topological polar surface area (TPSA) is 38.3 Å². The minimum Gasteiger partial charge on any atom is -0.366 e. The van der Waals surface area contributed by atoms with Gasteiger partial charge in [0, 0.05) is 6.42 Å². The van der Waals surface area contributed by atoms with Crippen LogP contribution in [0.1, 0.15) is 22.7 Å². The van der Waals surface area contributed by atoms with E-state index in [2.05, 4.69) is 30.4 Å². The van der Waals surface area contributed by atoms with E-state index in [-0.39, 0.29) is 24.7 Å². The quantitative estimate of drug-likeness (QED) is 0.686. The second-order valence-electron chi connectivity index (χ2n) is 4.30. The number of ether oxygens (including phenoxy) is 1. The molecule has 1 aliphatic carbocycles. The van der Waals surface area contributed by atoms with Crippen molar-refractivity contribution in [1.29, 1.82) is 0 Å². The zero-order valence-corrected chi connectivity index (χ0v) is 8.62. The van der Waals surface area contributed by atoms with E-state index < -0.39 is 0 Å². The predicted octanol–water partition coefficient (Wildman–Crippen LogP) is 1.11. The predicted molar refractivity (Wildman–Crippen MR) is 55.5 cm³/mol. The molecule has 0 spiro atoms. The lowest BCUT2D eigenvalue weighted by molar-refractivity contribution is -0.136. The van der Waals surface area contributed by atoms with Crippen LogP contribution in [-0.2, 0) is 16.0 Å². The second kappa shape index (κ2) is 3.07. The normalized spacial score (nSPS) is 28.2. The first-order valence-electron chi connectivity index (χ1n) is 5.24. The molecule has 1 saturated heterocycles. The van der Waals surface area contributed by atoms with E-state index in [1.54, 1.807) is 0 Å². The van der Waals surface area contributed by atoms with Gasteiger partial charge in [-0.1, -0.05) is 23.8 Å². The van der Waals surface area contributed by atoms with Crippen molar-refractivity contribution in [1.82, 2.24) is 5.32 Å². The Hall–Kier alpha value is -1.35. The lowest BCUT2D eigenvalue weighted by atomic mass is 10.0. The Balaban J connectivity index is 2.02. The first kappa shape index (κ1) is 8.92. The number of nitrogens with one attached hydrogen (secondary N) is 1. The number of benzene rings is 1. The molecule has 78 valence electrons. The minimum absolute atomic E-state index is 0.00870. The molecule has 0 radical (unpaired) electrons. The average molecular weight is 203 g/mol. The van der Waals surface area contributed by atoms with Crippen LogP contribution in [-0.4, -0.2) is 18.6 Å². The average Bonchev–Trinajstić information content (AvgIpc) is 2.56. The van der Waals surface area contributed by atoms with E-state index in [0.717, 1.165) is 6.42 Å². The molecule has 0 aromatic heterocycles. The summed E-state index contributed by atoms with van der Waals surface area (Å²) in [5.41, 5.74) is 3.76. The number of morpholine rings is 1. The maximum atomic E-state index is 11.3. The van der Waals surface area contributed by atoms with Gasteiger partial charge in [-0.15, -0.1) is 0 Å². The first-order chi connectivity index (χ1) is 7.24. The van der Waals surface area contributed by atoms with Crippen molar-refractivity contribution in [2.45, 2.75) is 25.5 Å². The Bertz CT molecular complexity index is 428. The molecular weight excluding hydrogens is 190 g/mol. The Kier molecular flexibility index (Phi) is 1.83. The number of amides is 1. The summed E-state index contributed by atoms with van der Waals surface area (Å²) >= 11 is 0. The fourth-order valence-electron chi connectivity index (χ4n) is 2.45. The van der Waals surface area contributed by atoms with Crippen LogP contribution in [0.25, 0.3) is 0 Å². The third-order valence-electron chi connectivity index (χ3n) is 3.17. The summed E-state index contributed by atoms with van der Waals surface area (Å²) < 4.78 is 5.52. The maximum absolute atomic E-state index is 11.3. The number of fused-ring (bicyclic) bond motifs is 3. The summed E-state index contributed by atoms with van der Waals surface area (Å²) in [6.45, 7) is 2.27. The van der Waals surface area contributed by atoms with Gasteiger partial charge in [0.15, 0.2) is 0 Å². The number of hydrogen-bond acceptors (Lipinski definition) is 2. The van der Waals surface area contributed by atoms with Gasteiger partial charge < -0.3 is 10.1 Å². The fraction of sp³-hybridized carbons (Fsp3) is 0.417. The Morgan fingerprint density at radius 3 is 3.20 bits per heavy atom. The SMILES string of the molecule is Cc1ccc2c(c1)[C@@H]1NC(=O)CO[C@@H]1C2. The summed E-state index contributed by atoms with van der Waals surface area (Å²) in [7, 11) is 0. The van der Waals surface area contributed by atoms with Crippen LogP contribution >= 0.6 is 0 Å². The summed E-state index contributed by atoms with van der Waals surface area (Å²) in [5.74, 6) is -0.00870. The lowest BCUT2D eigenvalue weighted by Gasteiger charge is -2.27. The van der Waals surface area contributed by atoms with Gasteiger partial charge in [-0.25, -0.2) is 0 Å². The molecule has 1 aromatic rings. The molecule has 1 aromatic carbocycles. The molecule has 2 atom stereocenters. The third-order valence-corrected chi connectivity index (χ3v) is 3.17. The van der Waals surface area contributed by atoms with Gasteiger partial charge in [0.2, 0.25) is 5.91 Å². The van der Waals surface area contributed by atoms with E-state index >= 15 is 0 Å². The van der Waals surface area contributed by atoms with Gasteiger partial charge in [0.1, 0.15) is 6.61 Å². The molecule has 3 rings (SSSR count). The largest absolute Gasteiger partial charge is 0.366 e. The van der Waals surface area contributed by atoms with Crippen molar-refractivity contribution in [2.24, 2.45) is 0 Å². The molecule has 1 fully saturated rings. The highest BCUT2D eigenvalue weighted by molar-refractivity contribution is 5.79. The van der Waals surface area contributed by atoms with Crippen LogP contribution in [0.3, 0.4) is 0 Å². The maximum Gasteiger partial charge on any atom is 0.246 e. The Morgan fingerprint density at radius 1 is 1.47 bits per heavy atom. The van der Waals surface area contributed by atoms with Crippen molar-refractivity contribution < 1.29 is 9.53 Å². The number of carbonyl (C=O) groups is 1. The van der Waals surface area contributed by atoms with Crippen LogP contribution in [0.2, 0.25) is 0 Å². The lowest BCUT2D eigenvalue weighted by Crippen LogP contribution is -2.43. The van der Waals surface area contributed by atoms with Crippen LogP contribution in [0.5, 0.6) is 0 Å². The summed E-state index contributed by atoms with van der Waals surface area (Å²) in [6, 6.07) is 6.46. The number of aryl methyl sites for hydroxylation is 1. The van der Waals surface area contributed by atoms with Crippen molar-refractivity contribution >= 4 is 5.91 Å². The zero-order valence-electron chi connectivity index (χ0n) is 8.62. The Labute approximate surface area is 88.4 Å². The molecule has 1 N–H and O–H groups in total. The smallest absolute Gasteiger partial charge is 0.246 e. The zero-order chi connectivity index (χ0) is 10.4. The monoisotopic (exact) mass is 203 g/mol. The molecule has 1 aliphatic heterocycles. The molecular formula is C12H13NO2. The van der Waals surface area contributed by atoms with Gasteiger partial charge in [0.25, 0.3) is 0 Å². The highest BCUT2D eigenvalue weighted by Crippen LogP contribution is 2.35. The molecule has 15 heavy (non-hydrogen) atoms. The van der Waals surface area contributed by atoms with Crippen molar-refractivity contribution in [3.8, 4) is 0 Å². The van der Waals surface area contributed by atoms with Crippen molar-refractivity contribution in [3.63, 3.8) is 0 Å². The van der Waals surface area contributed by atoms with Gasteiger partial charge >= 0.3 is 0 Å². The molecule has 2 aliphatic rings. The summed E-state index contributed by atoms with van der Waals surface area (Å²) in [4.78, 5) is 11.3. The van der Waals surface area contributed by atoms with E-state index in [4.69, 9.17) is 4.74 Å². The van der Waals surface area contributed by atoms with Gasteiger partial charge in [-0.3, -0.25) is 4.79 Å². The summed E-state index contributed by atoms with van der Waals surface area (Å²) in [6.07, 6.45) is 1.06. The second-order valence-corrected chi connectivity index (χ2v) is 4.30. The van der Waals surface area contributed by atoms with Gasteiger partial charge in [0.05, 0.1) is 12.1 Å². The molecule has 1 amide bonds. The van der Waals surface area contributed by atoms with E-state index in [9.17, 15) is 4.79 Å². The van der Waals surface area contributed by atoms with Gasteiger partial charge in [-0.05, 0) is 18.1 Å². The number of hydrogen-bond donors (Lipinski definition) is 1. The van der Waals surface area contributed by atoms with Crippen LogP contribution in [0, 0.1) is 6.92 Å². The van der Waals surface area contributed by atoms with E-state index in [0.29, 0.717) is 0 Å². The molecule has 3 nitrogen and oxygen atoms in total. The van der Waals surface area contributed by atoms with Crippen molar-refractivity contribution in [3.05, 3.63) is 34.9 Å². The molecule has 0 saturated carbocycles. The van der Waals surface area contributed by atoms with E-state index in [1.165, 1.54) is 16.7 Å². The minimum atomic E-state index is -0.00870. The van der Waals surface area contributed by atoms with Crippen LogP contribution < -0.4 is 5.32 Å². The fourth-order valence-corrected chi connectivity index (χ4v) is 2.45. The van der Waals surface area contributed by atoms with E-state index in [1.807, 2.05) is 0 Å². The van der Waals surface area contributed by atoms with Crippen molar-refractivity contribution in [2.75, 3.05) is 6.61 Å². The van der Waals surface area contributed by atoms with Gasteiger partial charge in [-0.2, -0.15) is 0 Å². The van der Waals surface area contributed by atoms with Crippen LogP contribution in [0.15, 0.2) is 18.2 Å². The molecule has 1 heterocycles. The summed E-state index contributed by atoms with van der Waals surface area (Å²) in [5, 5.41) is 3.00. The highest BCUT2D eigenvalue weighted by atomic mass is 16.5. The molecule has 3 heteroatoms. The molecule has 0 bridgehead atoms. The number of carbonyl (C=O) groups excluding carboxylic acids is 1. The van der Waals surface area contributed by atoms with Crippen LogP contribution in [0.4, 0.5) is 0 Å². The standard InChI is InChI=1S/C12H13NO2/c1-7-2-3-8-5-10-12(9(8)4-7)13-11(14)6-15-10/h2-4,10,12H,5-6H2,1H3,(H,13,14)/t10-,12+/m1/s1. The highest BCUT2D eigenvalue weighted by Gasteiger charge is 2.37. The Morgan fingerprint density at radius 2 is 2.33 bits per heavy atom. The molecule has 0 unspecified atom stereocenters. The third kappa shape index (κ3) is 1.35. The first-order valence-corrected chi connectivity index (χ1v) is 5.24.